The van der Waals surface area contributed by atoms with Crippen molar-refractivity contribution in [2.24, 2.45) is 0 Å². The second-order valence-corrected chi connectivity index (χ2v) is 7.90. The molecule has 3 aromatic rings. The van der Waals surface area contributed by atoms with E-state index in [1.807, 2.05) is 24.0 Å². The lowest BCUT2D eigenvalue weighted by Crippen LogP contribution is -2.36. The van der Waals surface area contributed by atoms with E-state index < -0.39 is 0 Å². The number of amides is 1. The maximum Gasteiger partial charge on any atom is 0.273 e. The number of nitrogens with zero attached hydrogens (tertiary/aromatic N) is 6. The van der Waals surface area contributed by atoms with Crippen LogP contribution in [0, 0.1) is 6.92 Å². The van der Waals surface area contributed by atoms with Crippen LogP contribution in [0.4, 0.5) is 11.8 Å². The quantitative estimate of drug-likeness (QED) is 0.719. The van der Waals surface area contributed by atoms with Crippen LogP contribution in [0.5, 0.6) is 0 Å². The Balaban J connectivity index is 1.57. The van der Waals surface area contributed by atoms with Gasteiger partial charge in [0.2, 0.25) is 5.95 Å². The highest BCUT2D eigenvalue weighted by molar-refractivity contribution is 5.95. The van der Waals surface area contributed by atoms with Crippen LogP contribution in [0.15, 0.2) is 24.3 Å². The van der Waals surface area contributed by atoms with Crippen molar-refractivity contribution in [3.8, 4) is 0 Å². The van der Waals surface area contributed by atoms with Crippen molar-refractivity contribution in [1.82, 2.24) is 25.1 Å². The number of anilines is 2. The fraction of sp³-hybridized carbons (Fsp3) is 0.409. The van der Waals surface area contributed by atoms with Gasteiger partial charge in [0, 0.05) is 56.0 Å². The number of aromatic nitrogens is 4. The van der Waals surface area contributed by atoms with Crippen molar-refractivity contribution in [1.29, 1.82) is 0 Å². The number of hydrogen-bond donors (Lipinski definition) is 1. The molecule has 0 spiro atoms. The predicted octanol–water partition coefficient (Wildman–Crippen LogP) is 2.57. The Hall–Kier alpha value is -3.29. The van der Waals surface area contributed by atoms with Crippen molar-refractivity contribution in [3.63, 3.8) is 0 Å². The minimum absolute atomic E-state index is 0.00403. The smallest absolute Gasteiger partial charge is 0.273 e. The summed E-state index contributed by atoms with van der Waals surface area (Å²) in [5.74, 6) is 1.36. The summed E-state index contributed by atoms with van der Waals surface area (Å²) in [5.41, 5.74) is 3.28. The number of benzene rings is 1. The fourth-order valence-corrected chi connectivity index (χ4v) is 4.41. The SMILES string of the molecule is CNc1nc2c(c(C(=O)N3CCCC3)n1)CN(c1nnc(C)c3ccccc13)CC2. The first-order valence-corrected chi connectivity index (χ1v) is 10.5. The molecule has 2 aliphatic rings. The summed E-state index contributed by atoms with van der Waals surface area (Å²) in [7, 11) is 1.79. The zero-order valence-electron chi connectivity index (χ0n) is 17.4. The molecule has 0 saturated carbocycles. The largest absolute Gasteiger partial charge is 0.357 e. The Kier molecular flexibility index (Phi) is 4.69. The van der Waals surface area contributed by atoms with Gasteiger partial charge in [-0.1, -0.05) is 24.3 Å². The third kappa shape index (κ3) is 3.12. The highest BCUT2D eigenvalue weighted by Crippen LogP contribution is 2.31. The number of rotatable bonds is 3. The maximum absolute atomic E-state index is 13.2. The standard InChI is InChI=1S/C22H25N7O/c1-14-15-7-3-4-8-16(15)20(27-26-14)29-12-9-18-17(13-29)19(25-22(23-2)24-18)21(30)28-10-5-6-11-28/h3-4,7-8H,5-6,9-13H2,1-2H3,(H,23,24,25). The molecule has 1 saturated heterocycles. The first-order chi connectivity index (χ1) is 14.7. The minimum atomic E-state index is 0.00403. The number of carbonyl (C=O) groups excluding carboxylic acids is 1. The van der Waals surface area contributed by atoms with E-state index in [4.69, 9.17) is 0 Å². The molecule has 1 aromatic carbocycles. The first kappa shape index (κ1) is 18.7. The Morgan fingerprint density at radius 1 is 1.03 bits per heavy atom. The van der Waals surface area contributed by atoms with Gasteiger partial charge in [0.15, 0.2) is 5.82 Å². The summed E-state index contributed by atoms with van der Waals surface area (Å²) in [6, 6.07) is 8.20. The average Bonchev–Trinajstić information content (AvgIpc) is 3.33. The third-order valence-corrected chi connectivity index (χ3v) is 6.03. The highest BCUT2D eigenvalue weighted by Gasteiger charge is 2.30. The van der Waals surface area contributed by atoms with Gasteiger partial charge in [-0.05, 0) is 19.8 Å². The van der Waals surface area contributed by atoms with Crippen molar-refractivity contribution in [2.45, 2.75) is 32.7 Å². The van der Waals surface area contributed by atoms with E-state index in [1.165, 1.54) is 0 Å². The molecule has 0 bridgehead atoms. The van der Waals surface area contributed by atoms with E-state index >= 15 is 0 Å². The van der Waals surface area contributed by atoms with E-state index in [0.717, 1.165) is 72.4 Å². The van der Waals surface area contributed by atoms with E-state index in [1.54, 1.807) is 7.05 Å². The molecule has 0 unspecified atom stereocenters. The average molecular weight is 403 g/mol. The van der Waals surface area contributed by atoms with Gasteiger partial charge in [-0.2, -0.15) is 5.10 Å². The van der Waals surface area contributed by atoms with Crippen LogP contribution in [0.1, 0.15) is 40.3 Å². The lowest BCUT2D eigenvalue weighted by molar-refractivity contribution is 0.0785. The Morgan fingerprint density at radius 3 is 2.57 bits per heavy atom. The van der Waals surface area contributed by atoms with Crippen LogP contribution in [0.3, 0.4) is 0 Å². The lowest BCUT2D eigenvalue weighted by atomic mass is 10.0. The number of carbonyl (C=O) groups is 1. The normalized spacial score (nSPS) is 16.1. The van der Waals surface area contributed by atoms with Gasteiger partial charge in [-0.3, -0.25) is 4.79 Å². The second kappa shape index (κ2) is 7.51. The molecule has 8 heteroatoms. The fourth-order valence-electron chi connectivity index (χ4n) is 4.41. The van der Waals surface area contributed by atoms with E-state index in [9.17, 15) is 4.79 Å². The van der Waals surface area contributed by atoms with E-state index in [0.29, 0.717) is 18.2 Å². The number of likely N-dealkylation sites (tertiary alicyclic amines) is 1. The molecule has 2 aromatic heterocycles. The maximum atomic E-state index is 13.2. The summed E-state index contributed by atoms with van der Waals surface area (Å²) in [5, 5.41) is 14.1. The third-order valence-electron chi connectivity index (χ3n) is 6.03. The molecular formula is C22H25N7O. The van der Waals surface area contributed by atoms with Crippen molar-refractivity contribution < 1.29 is 4.79 Å². The molecule has 0 aliphatic carbocycles. The van der Waals surface area contributed by atoms with Crippen molar-refractivity contribution in [2.75, 3.05) is 36.9 Å². The molecule has 2 aliphatic heterocycles. The van der Waals surface area contributed by atoms with Crippen LogP contribution in [-0.2, 0) is 13.0 Å². The number of hydrogen-bond acceptors (Lipinski definition) is 7. The van der Waals surface area contributed by atoms with Gasteiger partial charge < -0.3 is 15.1 Å². The Morgan fingerprint density at radius 2 is 1.80 bits per heavy atom. The van der Waals surface area contributed by atoms with E-state index in [-0.39, 0.29) is 5.91 Å². The zero-order valence-corrected chi connectivity index (χ0v) is 17.4. The monoisotopic (exact) mass is 403 g/mol. The van der Waals surface area contributed by atoms with Crippen LogP contribution in [-0.4, -0.2) is 57.7 Å². The summed E-state index contributed by atoms with van der Waals surface area (Å²) in [6.07, 6.45) is 2.83. The first-order valence-electron chi connectivity index (χ1n) is 10.5. The number of aryl methyl sites for hydroxylation is 1. The Labute approximate surface area is 175 Å². The summed E-state index contributed by atoms with van der Waals surface area (Å²) < 4.78 is 0. The summed E-state index contributed by atoms with van der Waals surface area (Å²) in [4.78, 5) is 26.6. The summed E-state index contributed by atoms with van der Waals surface area (Å²) >= 11 is 0. The van der Waals surface area contributed by atoms with Crippen LogP contribution in [0.2, 0.25) is 0 Å². The second-order valence-electron chi connectivity index (χ2n) is 7.90. The van der Waals surface area contributed by atoms with Gasteiger partial charge in [0.25, 0.3) is 5.91 Å². The topological polar surface area (TPSA) is 87.1 Å². The molecule has 1 N–H and O–H groups in total. The molecule has 5 rings (SSSR count). The molecule has 1 fully saturated rings. The van der Waals surface area contributed by atoms with Gasteiger partial charge in [0.1, 0.15) is 5.69 Å². The molecular weight excluding hydrogens is 378 g/mol. The molecule has 0 atom stereocenters. The van der Waals surface area contributed by atoms with Crippen LogP contribution < -0.4 is 10.2 Å². The highest BCUT2D eigenvalue weighted by atomic mass is 16.2. The summed E-state index contributed by atoms with van der Waals surface area (Å²) in [6.45, 7) is 4.89. The van der Waals surface area contributed by atoms with Crippen molar-refractivity contribution >= 4 is 28.4 Å². The van der Waals surface area contributed by atoms with Gasteiger partial charge in [-0.15, -0.1) is 5.10 Å². The van der Waals surface area contributed by atoms with E-state index in [2.05, 4.69) is 42.5 Å². The molecule has 8 nitrogen and oxygen atoms in total. The van der Waals surface area contributed by atoms with Gasteiger partial charge >= 0.3 is 0 Å². The van der Waals surface area contributed by atoms with Gasteiger partial charge in [0.05, 0.1) is 11.4 Å². The van der Waals surface area contributed by atoms with Crippen LogP contribution >= 0.6 is 0 Å². The molecule has 154 valence electrons. The lowest BCUT2D eigenvalue weighted by Gasteiger charge is -2.31. The van der Waals surface area contributed by atoms with Crippen LogP contribution in [0.25, 0.3) is 10.8 Å². The predicted molar refractivity (Wildman–Crippen MR) is 116 cm³/mol. The number of nitrogens with one attached hydrogen (secondary N) is 1. The number of fused-ring (bicyclic) bond motifs is 2. The minimum Gasteiger partial charge on any atom is -0.357 e. The van der Waals surface area contributed by atoms with Crippen molar-refractivity contribution in [3.05, 3.63) is 46.9 Å². The molecule has 1 amide bonds. The van der Waals surface area contributed by atoms with Gasteiger partial charge in [-0.25, -0.2) is 9.97 Å². The molecule has 4 heterocycles. The Bertz CT molecular complexity index is 1120. The zero-order chi connectivity index (χ0) is 20.7. The molecule has 0 radical (unpaired) electrons. The molecule has 30 heavy (non-hydrogen) atoms.